The van der Waals surface area contributed by atoms with Crippen molar-refractivity contribution in [1.82, 2.24) is 9.55 Å². The van der Waals surface area contributed by atoms with Gasteiger partial charge in [-0.3, -0.25) is 4.57 Å². The summed E-state index contributed by atoms with van der Waals surface area (Å²) in [5, 5.41) is 0. The molecule has 0 bridgehead atoms. The molecule has 2 aromatic carbocycles. The maximum atomic E-state index is 12.3. The number of aromatic nitrogens is 2. The highest BCUT2D eigenvalue weighted by atomic mass is 16.5. The minimum atomic E-state index is -0.833. The normalized spacial score (nSPS) is 12.5. The van der Waals surface area contributed by atoms with E-state index < -0.39 is 17.8 Å². The molecule has 0 aliphatic carbocycles. The van der Waals surface area contributed by atoms with E-state index in [0.29, 0.717) is 28.1 Å². The first kappa shape index (κ1) is 15.2. The number of hydrogen-bond acceptors (Lipinski definition) is 6. The number of ether oxygens (including phenoxy) is 1. The number of benzene rings is 2. The molecule has 0 radical (unpaired) electrons. The molecule has 4 rings (SSSR count). The molecule has 0 unspecified atom stereocenters. The Morgan fingerprint density at radius 3 is 2.64 bits per heavy atom. The Morgan fingerprint density at radius 2 is 1.84 bits per heavy atom. The summed E-state index contributed by atoms with van der Waals surface area (Å²) in [6.07, 6.45) is 0. The fourth-order valence-electron chi connectivity index (χ4n) is 2.69. The largest absolute Gasteiger partial charge is 0.454 e. The van der Waals surface area contributed by atoms with Gasteiger partial charge in [0.05, 0.1) is 5.52 Å². The summed E-state index contributed by atoms with van der Waals surface area (Å²) in [6.45, 7) is 1.47. The summed E-state index contributed by atoms with van der Waals surface area (Å²) < 4.78 is 17.2. The molecule has 2 aromatic heterocycles. The molecule has 0 saturated carbocycles. The molecule has 0 spiro atoms. The Balaban J connectivity index is 1.54. The van der Waals surface area contributed by atoms with Crippen molar-refractivity contribution in [3.8, 4) is 0 Å². The second-order valence-electron chi connectivity index (χ2n) is 5.56. The van der Waals surface area contributed by atoms with Gasteiger partial charge < -0.3 is 13.6 Å². The Kier molecular flexibility index (Phi) is 3.61. The van der Waals surface area contributed by atoms with Crippen LogP contribution in [-0.2, 0) is 16.1 Å². The van der Waals surface area contributed by atoms with Crippen LogP contribution in [0.25, 0.3) is 22.2 Å². The fraction of sp³-hybridized carbons (Fsp3) is 0.167. The number of carbonyl (C=O) groups excluding carboxylic acids is 1. The quantitative estimate of drug-likeness (QED) is 0.532. The number of nitrogens with zero attached hydrogens (tertiary/aromatic N) is 2. The van der Waals surface area contributed by atoms with Gasteiger partial charge in [0, 0.05) is 0 Å². The van der Waals surface area contributed by atoms with Crippen LogP contribution in [0, 0.1) is 0 Å². The Morgan fingerprint density at radius 1 is 1.12 bits per heavy atom. The second kappa shape index (κ2) is 5.94. The van der Waals surface area contributed by atoms with Crippen LogP contribution in [0.15, 0.2) is 62.2 Å². The molecule has 0 aliphatic heterocycles. The molecule has 0 fully saturated rings. The average molecular weight is 338 g/mol. The monoisotopic (exact) mass is 338 g/mol. The highest BCUT2D eigenvalue weighted by Crippen LogP contribution is 2.19. The average Bonchev–Trinajstić information content (AvgIpc) is 3.18. The van der Waals surface area contributed by atoms with Crippen LogP contribution in [-0.4, -0.2) is 15.5 Å². The van der Waals surface area contributed by atoms with E-state index in [9.17, 15) is 9.59 Å². The van der Waals surface area contributed by atoms with E-state index in [4.69, 9.17) is 13.6 Å². The molecule has 7 heteroatoms. The van der Waals surface area contributed by atoms with E-state index in [0.717, 1.165) is 0 Å². The van der Waals surface area contributed by atoms with Crippen LogP contribution in [0.4, 0.5) is 0 Å². The lowest BCUT2D eigenvalue weighted by Gasteiger charge is -2.11. The van der Waals surface area contributed by atoms with Crippen LogP contribution < -0.4 is 5.76 Å². The van der Waals surface area contributed by atoms with Crippen molar-refractivity contribution in [2.24, 2.45) is 0 Å². The molecule has 25 heavy (non-hydrogen) atoms. The number of para-hydroxylation sites is 4. The topological polar surface area (TPSA) is 87.5 Å². The lowest BCUT2D eigenvalue weighted by Crippen LogP contribution is -2.26. The number of rotatable bonds is 4. The standard InChI is InChI=1S/C18H14N2O5/c1-11(20-13-7-3-5-9-15(13)25-18(20)22)17(21)23-10-16-19-12-6-2-4-8-14(12)24-16/h2-9,11H,10H2,1H3/t11-/m1/s1. The summed E-state index contributed by atoms with van der Waals surface area (Å²) in [5.74, 6) is -0.880. The molecule has 4 aromatic rings. The van der Waals surface area contributed by atoms with Crippen LogP contribution in [0.2, 0.25) is 0 Å². The maximum Gasteiger partial charge on any atom is 0.420 e. The van der Waals surface area contributed by atoms with Gasteiger partial charge in [-0.15, -0.1) is 0 Å². The van der Waals surface area contributed by atoms with E-state index in [2.05, 4.69) is 4.98 Å². The molecule has 0 saturated heterocycles. The molecule has 0 amide bonds. The van der Waals surface area contributed by atoms with Crippen LogP contribution >= 0.6 is 0 Å². The smallest absolute Gasteiger partial charge is 0.420 e. The third-order valence-electron chi connectivity index (χ3n) is 3.92. The number of oxazole rings is 2. The van der Waals surface area contributed by atoms with Crippen molar-refractivity contribution >= 4 is 28.2 Å². The van der Waals surface area contributed by atoms with Gasteiger partial charge in [0.2, 0.25) is 5.89 Å². The van der Waals surface area contributed by atoms with Gasteiger partial charge in [-0.2, -0.15) is 0 Å². The summed E-state index contributed by atoms with van der Waals surface area (Å²) in [5.41, 5.74) is 2.28. The van der Waals surface area contributed by atoms with Crippen LogP contribution in [0.3, 0.4) is 0 Å². The summed E-state index contributed by atoms with van der Waals surface area (Å²) >= 11 is 0. The molecule has 0 N–H and O–H groups in total. The molecule has 126 valence electrons. The number of carbonyl (C=O) groups is 1. The second-order valence-corrected chi connectivity index (χ2v) is 5.56. The highest BCUT2D eigenvalue weighted by Gasteiger charge is 2.23. The zero-order valence-electron chi connectivity index (χ0n) is 13.3. The van der Waals surface area contributed by atoms with Crippen LogP contribution in [0.1, 0.15) is 18.9 Å². The van der Waals surface area contributed by atoms with E-state index in [1.165, 1.54) is 4.57 Å². The van der Waals surface area contributed by atoms with E-state index in [1.807, 2.05) is 18.2 Å². The molecule has 2 heterocycles. The third-order valence-corrected chi connectivity index (χ3v) is 3.92. The van der Waals surface area contributed by atoms with Crippen molar-refractivity contribution in [2.75, 3.05) is 0 Å². The zero-order valence-corrected chi connectivity index (χ0v) is 13.3. The van der Waals surface area contributed by atoms with Crippen LogP contribution in [0.5, 0.6) is 0 Å². The van der Waals surface area contributed by atoms with Gasteiger partial charge in [0.1, 0.15) is 11.6 Å². The molecule has 1 atom stereocenters. The van der Waals surface area contributed by atoms with Crippen molar-refractivity contribution in [3.63, 3.8) is 0 Å². The SMILES string of the molecule is C[C@H](C(=O)OCc1nc2ccccc2o1)n1c(=O)oc2ccccc21. The van der Waals surface area contributed by atoms with Gasteiger partial charge in [-0.25, -0.2) is 14.6 Å². The van der Waals surface area contributed by atoms with Gasteiger partial charge in [-0.1, -0.05) is 24.3 Å². The summed E-state index contributed by atoms with van der Waals surface area (Å²) in [7, 11) is 0. The van der Waals surface area contributed by atoms with Crippen molar-refractivity contribution in [2.45, 2.75) is 19.6 Å². The molecule has 0 aliphatic rings. The van der Waals surface area contributed by atoms with E-state index in [-0.39, 0.29) is 6.61 Å². The third kappa shape index (κ3) is 2.69. The predicted molar refractivity (Wildman–Crippen MR) is 89.0 cm³/mol. The minimum Gasteiger partial charge on any atom is -0.454 e. The Labute approximate surface area is 141 Å². The number of hydrogen-bond donors (Lipinski definition) is 0. The Bertz CT molecular complexity index is 1090. The van der Waals surface area contributed by atoms with Gasteiger partial charge in [0.15, 0.2) is 17.8 Å². The van der Waals surface area contributed by atoms with Crippen molar-refractivity contribution in [3.05, 3.63) is 65.0 Å². The molecular formula is C18H14N2O5. The predicted octanol–water partition coefficient (Wildman–Crippen LogP) is 3.04. The van der Waals surface area contributed by atoms with Crippen molar-refractivity contribution in [1.29, 1.82) is 0 Å². The van der Waals surface area contributed by atoms with Gasteiger partial charge >= 0.3 is 11.7 Å². The molecule has 7 nitrogen and oxygen atoms in total. The van der Waals surface area contributed by atoms with E-state index >= 15 is 0 Å². The van der Waals surface area contributed by atoms with Crippen molar-refractivity contribution < 1.29 is 18.4 Å². The summed E-state index contributed by atoms with van der Waals surface area (Å²) in [4.78, 5) is 28.6. The first-order valence-corrected chi connectivity index (χ1v) is 7.74. The summed E-state index contributed by atoms with van der Waals surface area (Å²) in [6, 6.07) is 13.4. The number of fused-ring (bicyclic) bond motifs is 2. The first-order valence-electron chi connectivity index (χ1n) is 7.74. The Hall–Kier alpha value is -3.35. The van der Waals surface area contributed by atoms with Gasteiger partial charge in [0.25, 0.3) is 0 Å². The zero-order chi connectivity index (χ0) is 17.4. The fourth-order valence-corrected chi connectivity index (χ4v) is 2.69. The lowest BCUT2D eigenvalue weighted by atomic mass is 10.3. The molecular weight excluding hydrogens is 324 g/mol. The number of esters is 1. The minimum absolute atomic E-state index is 0.109. The van der Waals surface area contributed by atoms with E-state index in [1.54, 1.807) is 37.3 Å². The maximum absolute atomic E-state index is 12.3. The first-order chi connectivity index (χ1) is 12.1. The van der Waals surface area contributed by atoms with Gasteiger partial charge in [-0.05, 0) is 31.2 Å². The lowest BCUT2D eigenvalue weighted by molar-refractivity contribution is -0.149. The highest BCUT2D eigenvalue weighted by molar-refractivity contribution is 5.79.